The van der Waals surface area contributed by atoms with Gasteiger partial charge in [-0.2, -0.15) is 0 Å². The minimum Gasteiger partial charge on any atom is -0.310 e. The van der Waals surface area contributed by atoms with Crippen LogP contribution >= 0.6 is 0 Å². The first-order valence-electron chi connectivity index (χ1n) is 22.4. The van der Waals surface area contributed by atoms with Gasteiger partial charge in [-0.25, -0.2) is 0 Å². The van der Waals surface area contributed by atoms with Gasteiger partial charge in [-0.3, -0.25) is 0 Å². The van der Waals surface area contributed by atoms with Crippen molar-refractivity contribution >= 4 is 51.2 Å². The largest absolute Gasteiger partial charge is 0.310 e. The summed E-state index contributed by atoms with van der Waals surface area (Å²) in [6, 6.07) is 83.6. The molecule has 0 spiro atoms. The van der Waals surface area contributed by atoms with Gasteiger partial charge < -0.3 is 14.7 Å². The molecule has 312 valence electrons. The number of benzene rings is 9. The first kappa shape index (κ1) is 40.5. The lowest BCUT2D eigenvalue weighted by molar-refractivity contribution is 0.589. The van der Waals surface area contributed by atoms with Crippen molar-refractivity contribution < 1.29 is 0 Å². The topological polar surface area (TPSA) is 9.72 Å². The van der Waals surface area contributed by atoms with Crippen molar-refractivity contribution in [2.45, 2.75) is 45.4 Å². The minimum absolute atomic E-state index is 0.00214. The lowest BCUT2D eigenvalue weighted by Gasteiger charge is -2.33. The molecule has 0 saturated heterocycles. The van der Waals surface area contributed by atoms with Crippen LogP contribution < -0.4 is 14.7 Å². The number of nitrogens with zero attached hydrogens (tertiary/aromatic N) is 3. The number of fused-ring (bicyclic) bond motifs is 3. The Hall–Kier alpha value is -7.62. The second-order valence-corrected chi connectivity index (χ2v) is 18.3. The average molecular weight is 828 g/mol. The Kier molecular flexibility index (Phi) is 10.5. The fraction of sp³-hybridized carbons (Fsp3) is 0.115. The molecule has 0 saturated carbocycles. The van der Waals surface area contributed by atoms with Gasteiger partial charge in [-0.15, -0.1) is 0 Å². The van der Waals surface area contributed by atoms with E-state index in [4.69, 9.17) is 0 Å². The molecular weight excluding hydrogens is 775 g/mol. The highest BCUT2D eigenvalue weighted by Crippen LogP contribution is 2.54. The van der Waals surface area contributed by atoms with E-state index in [2.05, 4.69) is 280 Å². The Labute approximate surface area is 379 Å². The Morgan fingerprint density at radius 2 is 0.688 bits per heavy atom. The van der Waals surface area contributed by atoms with Crippen LogP contribution in [0.2, 0.25) is 0 Å². The molecule has 0 radical (unpaired) electrons. The van der Waals surface area contributed by atoms with E-state index in [9.17, 15) is 0 Å². The van der Waals surface area contributed by atoms with Gasteiger partial charge in [0.05, 0.1) is 17.1 Å². The third-order valence-corrected chi connectivity index (χ3v) is 12.7. The maximum atomic E-state index is 2.46. The predicted octanol–water partition coefficient (Wildman–Crippen LogP) is 17.4. The van der Waals surface area contributed by atoms with E-state index in [1.807, 2.05) is 0 Å². The molecule has 0 aliphatic heterocycles. The normalized spacial score (nSPS) is 12.6. The Morgan fingerprint density at radius 3 is 1.12 bits per heavy atom. The molecule has 9 aromatic rings. The molecule has 3 heteroatoms. The summed E-state index contributed by atoms with van der Waals surface area (Å²) in [5, 5.41) is 0. The lowest BCUT2D eigenvalue weighted by atomic mass is 9.79. The van der Waals surface area contributed by atoms with Crippen LogP contribution in [0.3, 0.4) is 0 Å². The second-order valence-electron chi connectivity index (χ2n) is 18.3. The van der Waals surface area contributed by atoms with Crippen molar-refractivity contribution in [2.24, 2.45) is 0 Å². The van der Waals surface area contributed by atoms with Gasteiger partial charge in [0.1, 0.15) is 0 Å². The Balaban J connectivity index is 1.25. The smallest absolute Gasteiger partial charge is 0.0503 e. The summed E-state index contributed by atoms with van der Waals surface area (Å²) in [5.41, 5.74) is 18.6. The summed E-state index contributed by atoms with van der Waals surface area (Å²) in [4.78, 5) is 7.19. The van der Waals surface area contributed by atoms with Gasteiger partial charge >= 0.3 is 0 Å². The van der Waals surface area contributed by atoms with Crippen molar-refractivity contribution in [3.05, 3.63) is 247 Å². The molecule has 0 atom stereocenters. The molecular formula is C61H53N3. The van der Waals surface area contributed by atoms with Gasteiger partial charge in [0.15, 0.2) is 0 Å². The molecule has 9 aromatic carbocycles. The van der Waals surface area contributed by atoms with Gasteiger partial charge in [0, 0.05) is 39.5 Å². The number of para-hydroxylation sites is 4. The predicted molar refractivity (Wildman–Crippen MR) is 272 cm³/mol. The highest BCUT2D eigenvalue weighted by Gasteiger charge is 2.39. The summed E-state index contributed by atoms with van der Waals surface area (Å²) in [5.74, 6) is 0. The zero-order valence-electron chi connectivity index (χ0n) is 37.3. The third kappa shape index (κ3) is 7.54. The van der Waals surface area contributed by atoms with Crippen LogP contribution in [0.4, 0.5) is 51.2 Å². The molecule has 64 heavy (non-hydrogen) atoms. The van der Waals surface area contributed by atoms with Crippen molar-refractivity contribution in [1.82, 2.24) is 0 Å². The summed E-state index contributed by atoms with van der Waals surface area (Å²) in [6.45, 7) is 11.8. The van der Waals surface area contributed by atoms with Crippen LogP contribution in [-0.2, 0) is 10.8 Å². The van der Waals surface area contributed by atoms with E-state index in [1.54, 1.807) is 0 Å². The molecule has 3 nitrogen and oxygen atoms in total. The zero-order chi connectivity index (χ0) is 43.8. The molecule has 0 unspecified atom stereocenters. The summed E-state index contributed by atoms with van der Waals surface area (Å²) in [7, 11) is 0. The number of rotatable bonds is 10. The van der Waals surface area contributed by atoms with Crippen LogP contribution in [0.5, 0.6) is 0 Å². The van der Waals surface area contributed by atoms with E-state index < -0.39 is 0 Å². The van der Waals surface area contributed by atoms with Gasteiger partial charge in [-0.05, 0) is 135 Å². The van der Waals surface area contributed by atoms with Crippen molar-refractivity contribution in [2.75, 3.05) is 14.7 Å². The first-order chi connectivity index (χ1) is 31.1. The fourth-order valence-electron chi connectivity index (χ4n) is 9.59. The van der Waals surface area contributed by atoms with E-state index in [1.165, 1.54) is 38.9 Å². The van der Waals surface area contributed by atoms with Gasteiger partial charge in [-0.1, -0.05) is 174 Å². The number of hydrogen-bond acceptors (Lipinski definition) is 3. The SMILES string of the molecule is CC(C)(C)c1cccc2c1-c1ccc(N(c3ccc(-c4ccccc4)cc3)c3cc(N(c4ccccc4)c4ccccc4)cc(N(c4ccccc4)c4ccccc4)c3)cc1C2(C)C. The number of hydrogen-bond donors (Lipinski definition) is 0. The van der Waals surface area contributed by atoms with E-state index in [-0.39, 0.29) is 10.8 Å². The van der Waals surface area contributed by atoms with Crippen molar-refractivity contribution in [3.63, 3.8) is 0 Å². The van der Waals surface area contributed by atoms with E-state index in [0.29, 0.717) is 0 Å². The average Bonchev–Trinajstić information content (AvgIpc) is 3.56. The highest BCUT2D eigenvalue weighted by atomic mass is 15.2. The minimum atomic E-state index is -0.202. The second kappa shape index (κ2) is 16.6. The van der Waals surface area contributed by atoms with E-state index >= 15 is 0 Å². The van der Waals surface area contributed by atoms with Gasteiger partial charge in [0.25, 0.3) is 0 Å². The lowest BCUT2D eigenvalue weighted by Crippen LogP contribution is -2.18. The van der Waals surface area contributed by atoms with Crippen LogP contribution in [0.25, 0.3) is 22.3 Å². The quantitative estimate of drug-likeness (QED) is 0.136. The maximum absolute atomic E-state index is 2.46. The molecule has 0 heterocycles. The number of anilines is 9. The standard InChI is InChI=1S/C61H53N3/c1-60(2,3)56-32-21-33-57-59(56)55-39-38-51(43-58(55)61(57,4)5)64(50-36-34-45(35-37-50)44-22-11-6-12-23-44)54-41-52(62(46-24-13-7-14-25-46)47-26-15-8-16-27-47)40-53(42-54)63(48-28-17-9-18-29-48)49-30-19-10-20-31-49/h6-43H,1-5H3. The molecule has 0 amide bonds. The molecule has 0 fully saturated rings. The molecule has 0 bridgehead atoms. The Morgan fingerprint density at radius 1 is 0.312 bits per heavy atom. The fourth-order valence-corrected chi connectivity index (χ4v) is 9.59. The van der Waals surface area contributed by atoms with Crippen LogP contribution in [0.15, 0.2) is 231 Å². The Bertz CT molecular complexity index is 2850. The molecule has 10 rings (SSSR count). The first-order valence-corrected chi connectivity index (χ1v) is 22.4. The van der Waals surface area contributed by atoms with E-state index in [0.717, 1.165) is 51.2 Å². The molecule has 0 N–H and O–H groups in total. The summed E-state index contributed by atoms with van der Waals surface area (Å²) >= 11 is 0. The molecule has 0 aromatic heterocycles. The van der Waals surface area contributed by atoms with Gasteiger partial charge in [0.2, 0.25) is 0 Å². The molecule has 1 aliphatic carbocycles. The monoisotopic (exact) mass is 827 g/mol. The van der Waals surface area contributed by atoms with Crippen LogP contribution in [-0.4, -0.2) is 0 Å². The zero-order valence-corrected chi connectivity index (χ0v) is 37.3. The van der Waals surface area contributed by atoms with Crippen LogP contribution in [0.1, 0.15) is 51.3 Å². The summed E-state index contributed by atoms with van der Waals surface area (Å²) < 4.78 is 0. The highest BCUT2D eigenvalue weighted by molar-refractivity contribution is 5.92. The van der Waals surface area contributed by atoms with Crippen molar-refractivity contribution in [1.29, 1.82) is 0 Å². The third-order valence-electron chi connectivity index (χ3n) is 12.7. The summed E-state index contributed by atoms with van der Waals surface area (Å²) in [6.07, 6.45) is 0. The van der Waals surface area contributed by atoms with Crippen LogP contribution in [0, 0.1) is 0 Å². The maximum Gasteiger partial charge on any atom is 0.0503 e. The molecule has 1 aliphatic rings. The van der Waals surface area contributed by atoms with Crippen molar-refractivity contribution in [3.8, 4) is 22.3 Å².